The molecule has 3 nitrogen and oxygen atoms in total. The van der Waals surface area contributed by atoms with Crippen LogP contribution in [-0.2, 0) is 13.5 Å². The van der Waals surface area contributed by atoms with Crippen molar-refractivity contribution in [3.05, 3.63) is 17.5 Å². The predicted octanol–water partition coefficient (Wildman–Crippen LogP) is 2.45. The van der Waals surface area contributed by atoms with Gasteiger partial charge < -0.3 is 5.11 Å². The van der Waals surface area contributed by atoms with Crippen molar-refractivity contribution in [2.45, 2.75) is 46.1 Å². The lowest BCUT2D eigenvalue weighted by atomic mass is 10.0. The third kappa shape index (κ3) is 3.34. The molecule has 0 aliphatic heterocycles. The molecule has 0 aliphatic rings. The molecule has 1 rings (SSSR count). The van der Waals surface area contributed by atoms with Crippen LogP contribution in [0, 0.1) is 5.92 Å². The second kappa shape index (κ2) is 5.31. The number of nitrogens with zero attached hydrogens (tertiary/aromatic N) is 2. The van der Waals surface area contributed by atoms with Crippen LogP contribution in [0.25, 0.3) is 0 Å². The molecule has 0 fully saturated rings. The molecule has 0 amide bonds. The van der Waals surface area contributed by atoms with E-state index < -0.39 is 0 Å². The lowest BCUT2D eigenvalue weighted by Crippen LogP contribution is -2.06. The molecule has 0 aliphatic carbocycles. The number of aliphatic hydroxyl groups excluding tert-OH is 1. The zero-order valence-corrected chi connectivity index (χ0v) is 10.2. The van der Waals surface area contributed by atoms with Crippen LogP contribution in [0.1, 0.15) is 51.1 Å². The Labute approximate surface area is 92.1 Å². The number of aliphatic hydroxyl groups is 1. The first-order valence-corrected chi connectivity index (χ1v) is 5.75. The van der Waals surface area contributed by atoms with Gasteiger partial charge in [0.15, 0.2) is 0 Å². The van der Waals surface area contributed by atoms with Gasteiger partial charge in [-0.25, -0.2) is 0 Å². The first-order valence-electron chi connectivity index (χ1n) is 5.75. The molecule has 1 unspecified atom stereocenters. The van der Waals surface area contributed by atoms with Crippen molar-refractivity contribution in [1.82, 2.24) is 9.78 Å². The van der Waals surface area contributed by atoms with Crippen LogP contribution < -0.4 is 0 Å². The van der Waals surface area contributed by atoms with Crippen LogP contribution in [0.3, 0.4) is 0 Å². The van der Waals surface area contributed by atoms with Crippen molar-refractivity contribution in [3.8, 4) is 0 Å². The highest BCUT2D eigenvalue weighted by Crippen LogP contribution is 2.21. The van der Waals surface area contributed by atoms with Crippen molar-refractivity contribution in [2.24, 2.45) is 13.0 Å². The maximum absolute atomic E-state index is 10.00. The quantitative estimate of drug-likeness (QED) is 0.810. The van der Waals surface area contributed by atoms with Gasteiger partial charge in [-0.15, -0.1) is 0 Å². The van der Waals surface area contributed by atoms with E-state index in [0.717, 1.165) is 30.7 Å². The summed E-state index contributed by atoms with van der Waals surface area (Å²) >= 11 is 0. The Balaban J connectivity index is 2.64. The summed E-state index contributed by atoms with van der Waals surface area (Å²) in [4.78, 5) is 0. The number of aromatic nitrogens is 2. The highest BCUT2D eigenvalue weighted by Gasteiger charge is 2.13. The number of hydrogen-bond acceptors (Lipinski definition) is 2. The minimum Gasteiger partial charge on any atom is -0.387 e. The van der Waals surface area contributed by atoms with Crippen LogP contribution in [0.5, 0.6) is 0 Å². The summed E-state index contributed by atoms with van der Waals surface area (Å²) in [6.07, 6.45) is 2.42. The maximum Gasteiger partial charge on any atom is 0.0956 e. The Morgan fingerprint density at radius 3 is 2.53 bits per heavy atom. The van der Waals surface area contributed by atoms with Crippen LogP contribution in [0.4, 0.5) is 0 Å². The third-order valence-electron chi connectivity index (χ3n) is 2.69. The molecule has 0 saturated heterocycles. The molecule has 1 aromatic rings. The van der Waals surface area contributed by atoms with Crippen molar-refractivity contribution in [2.75, 3.05) is 0 Å². The summed E-state index contributed by atoms with van der Waals surface area (Å²) in [6.45, 7) is 6.42. The Hall–Kier alpha value is -0.830. The fourth-order valence-electron chi connectivity index (χ4n) is 1.67. The van der Waals surface area contributed by atoms with Crippen molar-refractivity contribution >= 4 is 0 Å². The molecule has 1 atom stereocenters. The summed E-state index contributed by atoms with van der Waals surface area (Å²) in [6, 6.07) is 2.00. The SMILES string of the molecule is CCc1cc(C(O)CCC(C)C)n(C)n1. The Morgan fingerprint density at radius 1 is 1.40 bits per heavy atom. The van der Waals surface area contributed by atoms with Gasteiger partial charge in [-0.3, -0.25) is 4.68 Å². The van der Waals surface area contributed by atoms with E-state index in [9.17, 15) is 5.11 Å². The lowest BCUT2D eigenvalue weighted by molar-refractivity contribution is 0.150. The minimum absolute atomic E-state index is 0.370. The number of aryl methyl sites for hydroxylation is 2. The monoisotopic (exact) mass is 210 g/mol. The average Bonchev–Trinajstić information content (AvgIpc) is 2.56. The largest absolute Gasteiger partial charge is 0.387 e. The summed E-state index contributed by atoms with van der Waals surface area (Å²) in [5.74, 6) is 0.638. The van der Waals surface area contributed by atoms with Gasteiger partial charge in [0, 0.05) is 7.05 Å². The van der Waals surface area contributed by atoms with Gasteiger partial charge in [-0.1, -0.05) is 20.8 Å². The zero-order chi connectivity index (χ0) is 11.4. The second-order valence-corrected chi connectivity index (χ2v) is 4.52. The van der Waals surface area contributed by atoms with Gasteiger partial charge in [0.25, 0.3) is 0 Å². The Bertz CT molecular complexity index is 305. The van der Waals surface area contributed by atoms with Crippen LogP contribution in [0.2, 0.25) is 0 Å². The van der Waals surface area contributed by atoms with Crippen LogP contribution >= 0.6 is 0 Å². The molecule has 86 valence electrons. The van der Waals surface area contributed by atoms with Gasteiger partial charge in [-0.2, -0.15) is 5.10 Å². The maximum atomic E-state index is 10.00. The zero-order valence-electron chi connectivity index (χ0n) is 10.2. The lowest BCUT2D eigenvalue weighted by Gasteiger charge is -2.11. The van der Waals surface area contributed by atoms with Crippen LogP contribution in [0.15, 0.2) is 6.07 Å². The number of hydrogen-bond donors (Lipinski definition) is 1. The average molecular weight is 210 g/mol. The van der Waals surface area contributed by atoms with Crippen LogP contribution in [-0.4, -0.2) is 14.9 Å². The van der Waals surface area contributed by atoms with E-state index in [-0.39, 0.29) is 6.10 Å². The molecule has 0 saturated carbocycles. The first-order chi connectivity index (χ1) is 7.04. The van der Waals surface area contributed by atoms with Gasteiger partial charge in [0.2, 0.25) is 0 Å². The Morgan fingerprint density at radius 2 is 2.07 bits per heavy atom. The minimum atomic E-state index is -0.370. The number of rotatable bonds is 5. The van der Waals surface area contributed by atoms with Gasteiger partial charge >= 0.3 is 0 Å². The molecule has 1 aromatic heterocycles. The first kappa shape index (κ1) is 12.2. The van der Waals surface area contributed by atoms with Gasteiger partial charge in [0.05, 0.1) is 17.5 Å². The summed E-state index contributed by atoms with van der Waals surface area (Å²) in [5.41, 5.74) is 1.99. The smallest absolute Gasteiger partial charge is 0.0956 e. The molecule has 0 spiro atoms. The molecule has 0 aromatic carbocycles. The molecule has 3 heteroatoms. The van der Waals surface area contributed by atoms with Gasteiger partial charge in [0.1, 0.15) is 0 Å². The van der Waals surface area contributed by atoms with Crippen molar-refractivity contribution in [3.63, 3.8) is 0 Å². The third-order valence-corrected chi connectivity index (χ3v) is 2.69. The fourth-order valence-corrected chi connectivity index (χ4v) is 1.67. The van der Waals surface area contributed by atoms with E-state index in [1.54, 1.807) is 4.68 Å². The highest BCUT2D eigenvalue weighted by molar-refractivity contribution is 5.12. The highest BCUT2D eigenvalue weighted by atomic mass is 16.3. The molecule has 1 heterocycles. The molecule has 1 N–H and O–H groups in total. The van der Waals surface area contributed by atoms with E-state index in [2.05, 4.69) is 25.9 Å². The predicted molar refractivity (Wildman–Crippen MR) is 61.6 cm³/mol. The second-order valence-electron chi connectivity index (χ2n) is 4.52. The van der Waals surface area contributed by atoms with E-state index in [1.165, 1.54) is 0 Å². The standard InChI is InChI=1S/C12H22N2O/c1-5-10-8-11(14(4)13-10)12(15)7-6-9(2)3/h8-9,12,15H,5-7H2,1-4H3. The van der Waals surface area contributed by atoms with Gasteiger partial charge in [-0.05, 0) is 31.2 Å². The van der Waals surface area contributed by atoms with Crippen molar-refractivity contribution in [1.29, 1.82) is 0 Å². The molecular formula is C12H22N2O. The summed E-state index contributed by atoms with van der Waals surface area (Å²) < 4.78 is 1.80. The Kier molecular flexibility index (Phi) is 4.33. The fraction of sp³-hybridized carbons (Fsp3) is 0.750. The van der Waals surface area contributed by atoms with Crippen molar-refractivity contribution < 1.29 is 5.11 Å². The molecule has 0 radical (unpaired) electrons. The summed E-state index contributed by atoms with van der Waals surface area (Å²) in [7, 11) is 1.90. The summed E-state index contributed by atoms with van der Waals surface area (Å²) in [5, 5.41) is 14.3. The van der Waals surface area contributed by atoms with E-state index >= 15 is 0 Å². The molecule has 15 heavy (non-hydrogen) atoms. The molecular weight excluding hydrogens is 188 g/mol. The topological polar surface area (TPSA) is 38.0 Å². The van der Waals surface area contributed by atoms with E-state index in [0.29, 0.717) is 5.92 Å². The van der Waals surface area contributed by atoms with E-state index in [4.69, 9.17) is 0 Å². The molecule has 0 bridgehead atoms. The normalized spacial score (nSPS) is 13.5. The van der Waals surface area contributed by atoms with E-state index in [1.807, 2.05) is 13.1 Å².